The molecule has 118 valence electrons. The number of rotatable bonds is 9. The minimum absolute atomic E-state index is 0.372. The molecule has 1 atom stereocenters. The molecule has 0 heterocycles. The molecule has 1 aromatic rings. The van der Waals surface area contributed by atoms with Gasteiger partial charge in [-0.15, -0.1) is 0 Å². The van der Waals surface area contributed by atoms with Crippen LogP contribution >= 0.6 is 0 Å². The first kappa shape index (κ1) is 16.5. The van der Waals surface area contributed by atoms with Gasteiger partial charge in [-0.05, 0) is 52.3 Å². The van der Waals surface area contributed by atoms with Crippen molar-refractivity contribution in [3.63, 3.8) is 0 Å². The Hall–Kier alpha value is -0.900. The fourth-order valence-electron chi connectivity index (χ4n) is 2.73. The first-order valence-electron chi connectivity index (χ1n) is 8.10. The quantitative estimate of drug-likeness (QED) is 0.708. The van der Waals surface area contributed by atoms with Crippen molar-refractivity contribution < 1.29 is 4.74 Å². The highest BCUT2D eigenvalue weighted by Gasteiger charge is 2.21. The van der Waals surface area contributed by atoms with Gasteiger partial charge in [0.15, 0.2) is 0 Å². The van der Waals surface area contributed by atoms with Crippen LogP contribution in [0.3, 0.4) is 0 Å². The molecular formula is C18H30N2O. The Balaban J connectivity index is 1.79. The Morgan fingerprint density at radius 3 is 2.48 bits per heavy atom. The van der Waals surface area contributed by atoms with Crippen molar-refractivity contribution in [3.8, 4) is 0 Å². The Labute approximate surface area is 129 Å². The summed E-state index contributed by atoms with van der Waals surface area (Å²) >= 11 is 0. The summed E-state index contributed by atoms with van der Waals surface area (Å²) in [6, 6.07) is 7.17. The highest BCUT2D eigenvalue weighted by molar-refractivity contribution is 5.30. The van der Waals surface area contributed by atoms with Crippen LogP contribution in [0.4, 0.5) is 0 Å². The summed E-state index contributed by atoms with van der Waals surface area (Å²) in [5.41, 5.74) is 4.04. The highest BCUT2D eigenvalue weighted by Crippen LogP contribution is 2.28. The molecule has 0 amide bonds. The molecule has 1 aliphatic rings. The second-order valence-corrected chi connectivity index (χ2v) is 6.54. The van der Waals surface area contributed by atoms with Crippen LogP contribution in [-0.2, 0) is 4.74 Å². The lowest BCUT2D eigenvalue weighted by Crippen LogP contribution is -2.33. The van der Waals surface area contributed by atoms with Gasteiger partial charge in [0.1, 0.15) is 0 Å². The zero-order valence-corrected chi connectivity index (χ0v) is 14.0. The summed E-state index contributed by atoms with van der Waals surface area (Å²) in [5, 5.41) is 3.44. The van der Waals surface area contributed by atoms with Gasteiger partial charge < -0.3 is 15.0 Å². The van der Waals surface area contributed by atoms with E-state index in [1.165, 1.54) is 29.5 Å². The maximum Gasteiger partial charge on any atom is 0.0593 e. The summed E-state index contributed by atoms with van der Waals surface area (Å²) in [6.07, 6.45) is 2.73. The van der Waals surface area contributed by atoms with E-state index in [1.807, 2.05) is 7.05 Å². The molecule has 1 saturated carbocycles. The van der Waals surface area contributed by atoms with E-state index in [1.54, 1.807) is 0 Å². The number of hydrogen-bond acceptors (Lipinski definition) is 3. The molecule has 1 fully saturated rings. The lowest BCUT2D eigenvalue weighted by Gasteiger charge is -2.24. The summed E-state index contributed by atoms with van der Waals surface area (Å²) in [7, 11) is 4.22. The van der Waals surface area contributed by atoms with Gasteiger partial charge in [-0.1, -0.05) is 29.3 Å². The Morgan fingerprint density at radius 2 is 1.90 bits per heavy atom. The second kappa shape index (κ2) is 7.92. The zero-order valence-electron chi connectivity index (χ0n) is 14.0. The molecule has 3 nitrogen and oxygen atoms in total. The van der Waals surface area contributed by atoms with Crippen LogP contribution in [0.5, 0.6) is 0 Å². The van der Waals surface area contributed by atoms with E-state index in [9.17, 15) is 0 Å². The molecular weight excluding hydrogens is 260 g/mol. The molecule has 1 unspecified atom stereocenters. The number of nitrogens with one attached hydrogen (secondary N) is 1. The molecule has 0 radical (unpaired) electrons. The molecule has 0 spiro atoms. The van der Waals surface area contributed by atoms with Crippen LogP contribution in [0.25, 0.3) is 0 Å². The number of ether oxygens (including phenoxy) is 1. The average Bonchev–Trinajstić information content (AvgIpc) is 3.24. The lowest BCUT2D eigenvalue weighted by molar-refractivity contribution is 0.101. The van der Waals surface area contributed by atoms with Gasteiger partial charge in [-0.25, -0.2) is 0 Å². The first-order chi connectivity index (χ1) is 10.1. The van der Waals surface area contributed by atoms with Crippen LogP contribution in [0.2, 0.25) is 0 Å². The SMILES string of the molecule is CNC(CN(C)CCOCC1CC1)c1cc(C)cc(C)c1. The van der Waals surface area contributed by atoms with E-state index in [-0.39, 0.29) is 0 Å². The van der Waals surface area contributed by atoms with Crippen molar-refractivity contribution in [2.75, 3.05) is 40.4 Å². The first-order valence-corrected chi connectivity index (χ1v) is 8.10. The van der Waals surface area contributed by atoms with Crippen LogP contribution in [0, 0.1) is 19.8 Å². The Bertz CT molecular complexity index is 423. The summed E-state index contributed by atoms with van der Waals surface area (Å²) in [6.45, 7) is 8.13. The minimum atomic E-state index is 0.372. The third-order valence-corrected chi connectivity index (χ3v) is 4.16. The van der Waals surface area contributed by atoms with Crippen molar-refractivity contribution in [2.45, 2.75) is 32.7 Å². The third kappa shape index (κ3) is 5.77. The van der Waals surface area contributed by atoms with Crippen molar-refractivity contribution in [2.24, 2.45) is 5.92 Å². The van der Waals surface area contributed by atoms with Crippen LogP contribution < -0.4 is 5.32 Å². The molecule has 0 saturated heterocycles. The monoisotopic (exact) mass is 290 g/mol. The van der Waals surface area contributed by atoms with Gasteiger partial charge in [-0.3, -0.25) is 0 Å². The van der Waals surface area contributed by atoms with E-state index >= 15 is 0 Å². The normalized spacial score (nSPS) is 16.4. The molecule has 1 aliphatic carbocycles. The van der Waals surface area contributed by atoms with E-state index in [4.69, 9.17) is 4.74 Å². The fourth-order valence-corrected chi connectivity index (χ4v) is 2.73. The standard InChI is InChI=1S/C18H30N2O/c1-14-9-15(2)11-17(10-14)18(19-3)12-20(4)7-8-21-13-16-5-6-16/h9-11,16,18-19H,5-8,12-13H2,1-4H3. The molecule has 0 aliphatic heterocycles. The highest BCUT2D eigenvalue weighted by atomic mass is 16.5. The largest absolute Gasteiger partial charge is 0.380 e. The lowest BCUT2D eigenvalue weighted by atomic mass is 10.0. The van der Waals surface area contributed by atoms with Crippen LogP contribution in [-0.4, -0.2) is 45.3 Å². The van der Waals surface area contributed by atoms with Crippen molar-refractivity contribution in [3.05, 3.63) is 34.9 Å². The number of aryl methyl sites for hydroxylation is 2. The summed E-state index contributed by atoms with van der Waals surface area (Å²) in [5.74, 6) is 0.857. The number of hydrogen-bond donors (Lipinski definition) is 1. The minimum Gasteiger partial charge on any atom is -0.380 e. The second-order valence-electron chi connectivity index (χ2n) is 6.54. The van der Waals surface area contributed by atoms with Gasteiger partial charge in [-0.2, -0.15) is 0 Å². The zero-order chi connectivity index (χ0) is 15.2. The van der Waals surface area contributed by atoms with E-state index in [0.29, 0.717) is 6.04 Å². The molecule has 1 N–H and O–H groups in total. The van der Waals surface area contributed by atoms with Gasteiger partial charge in [0.2, 0.25) is 0 Å². The summed E-state index contributed by atoms with van der Waals surface area (Å²) < 4.78 is 5.73. The van der Waals surface area contributed by atoms with Gasteiger partial charge in [0, 0.05) is 25.7 Å². The summed E-state index contributed by atoms with van der Waals surface area (Å²) in [4.78, 5) is 2.35. The smallest absolute Gasteiger partial charge is 0.0593 e. The van der Waals surface area contributed by atoms with Crippen molar-refractivity contribution in [1.29, 1.82) is 0 Å². The third-order valence-electron chi connectivity index (χ3n) is 4.16. The van der Waals surface area contributed by atoms with Crippen LogP contribution in [0.1, 0.15) is 35.6 Å². The number of nitrogens with zero attached hydrogens (tertiary/aromatic N) is 1. The van der Waals surface area contributed by atoms with Crippen LogP contribution in [0.15, 0.2) is 18.2 Å². The van der Waals surface area contributed by atoms with Gasteiger partial charge >= 0.3 is 0 Å². The molecule has 0 aromatic heterocycles. The molecule has 21 heavy (non-hydrogen) atoms. The predicted molar refractivity (Wildman–Crippen MR) is 88.8 cm³/mol. The molecule has 2 rings (SSSR count). The maximum atomic E-state index is 5.73. The Morgan fingerprint density at radius 1 is 1.24 bits per heavy atom. The van der Waals surface area contributed by atoms with Crippen molar-refractivity contribution >= 4 is 0 Å². The number of likely N-dealkylation sites (N-methyl/N-ethyl adjacent to an activating group) is 2. The average molecular weight is 290 g/mol. The van der Waals surface area contributed by atoms with E-state index < -0.39 is 0 Å². The van der Waals surface area contributed by atoms with Gasteiger partial charge in [0.05, 0.1) is 6.61 Å². The number of benzene rings is 1. The molecule has 3 heteroatoms. The fraction of sp³-hybridized carbons (Fsp3) is 0.667. The molecule has 1 aromatic carbocycles. The topological polar surface area (TPSA) is 24.5 Å². The van der Waals surface area contributed by atoms with Gasteiger partial charge in [0.25, 0.3) is 0 Å². The van der Waals surface area contributed by atoms with Crippen molar-refractivity contribution in [1.82, 2.24) is 10.2 Å². The van der Waals surface area contributed by atoms with E-state index in [0.717, 1.165) is 32.2 Å². The Kier molecular flexibility index (Phi) is 6.22. The predicted octanol–water partition coefficient (Wildman–Crippen LogP) is 2.92. The molecule has 0 bridgehead atoms. The van der Waals surface area contributed by atoms with E-state index in [2.05, 4.69) is 49.3 Å². The maximum absolute atomic E-state index is 5.73.